The van der Waals surface area contributed by atoms with Crippen molar-refractivity contribution in [3.63, 3.8) is 0 Å². The molecule has 2 aliphatic rings. The summed E-state index contributed by atoms with van der Waals surface area (Å²) in [5.41, 5.74) is 3.71. The highest BCUT2D eigenvalue weighted by molar-refractivity contribution is 5.86. The first-order valence-electron chi connectivity index (χ1n) is 8.74. The average molecular weight is 314 g/mol. The first-order chi connectivity index (χ1) is 11.2. The molecule has 1 aliphatic carbocycles. The molecule has 122 valence electrons. The molecule has 2 heterocycles. The van der Waals surface area contributed by atoms with Gasteiger partial charge in [-0.25, -0.2) is 4.79 Å². The van der Waals surface area contributed by atoms with Crippen molar-refractivity contribution in [1.29, 1.82) is 0 Å². The molecule has 0 amide bonds. The lowest BCUT2D eigenvalue weighted by Gasteiger charge is -2.31. The van der Waals surface area contributed by atoms with E-state index in [4.69, 9.17) is 9.15 Å². The van der Waals surface area contributed by atoms with E-state index < -0.39 is 0 Å². The molecular weight excluding hydrogens is 290 g/mol. The van der Waals surface area contributed by atoms with E-state index in [2.05, 4.69) is 13.0 Å². The maximum Gasteiger partial charge on any atom is 0.336 e. The van der Waals surface area contributed by atoms with Crippen molar-refractivity contribution < 1.29 is 14.1 Å². The van der Waals surface area contributed by atoms with Crippen LogP contribution in [0, 0.1) is 6.92 Å². The number of nitrogens with one attached hydrogen (secondary N) is 1. The molecule has 1 fully saturated rings. The Morgan fingerprint density at radius 1 is 1.26 bits per heavy atom. The van der Waals surface area contributed by atoms with Crippen LogP contribution in [0.25, 0.3) is 11.0 Å². The summed E-state index contributed by atoms with van der Waals surface area (Å²) in [5.74, 6) is 0.927. The van der Waals surface area contributed by atoms with Crippen LogP contribution in [0.1, 0.15) is 49.3 Å². The summed E-state index contributed by atoms with van der Waals surface area (Å²) < 4.78 is 11.6. The van der Waals surface area contributed by atoms with Crippen LogP contribution >= 0.6 is 0 Å². The minimum atomic E-state index is -0.272. The first kappa shape index (κ1) is 14.8. The van der Waals surface area contributed by atoms with Crippen LogP contribution in [-0.4, -0.2) is 12.8 Å². The Hall–Kier alpha value is -1.81. The number of ether oxygens (including phenoxy) is 1. The van der Waals surface area contributed by atoms with E-state index in [0.29, 0.717) is 5.58 Å². The van der Waals surface area contributed by atoms with E-state index in [0.717, 1.165) is 48.0 Å². The fourth-order valence-corrected chi connectivity index (χ4v) is 4.25. The predicted octanol–water partition coefficient (Wildman–Crippen LogP) is 2.34. The molecule has 1 saturated carbocycles. The Labute approximate surface area is 136 Å². The maximum atomic E-state index is 11.8. The third kappa shape index (κ3) is 2.45. The molecule has 4 rings (SSSR count). The van der Waals surface area contributed by atoms with Crippen LogP contribution < -0.4 is 15.3 Å². The Balaban J connectivity index is 1.81. The predicted molar refractivity (Wildman–Crippen MR) is 89.0 cm³/mol. The average Bonchev–Trinajstić information content (AvgIpc) is 3.09. The van der Waals surface area contributed by atoms with Gasteiger partial charge in [-0.15, -0.1) is 0 Å². The van der Waals surface area contributed by atoms with Crippen molar-refractivity contribution in [2.24, 2.45) is 0 Å². The molecular formula is C19H24NO3+. The molecule has 4 heteroatoms. The molecule has 23 heavy (non-hydrogen) atoms. The largest absolute Gasteiger partial charge is 0.444 e. The fourth-order valence-electron chi connectivity index (χ4n) is 4.25. The summed E-state index contributed by atoms with van der Waals surface area (Å²) >= 11 is 0. The summed E-state index contributed by atoms with van der Waals surface area (Å²) in [6.07, 6.45) is 6.16. The molecule has 2 aromatic rings. The van der Waals surface area contributed by atoms with Crippen LogP contribution in [0.2, 0.25) is 0 Å². The molecule has 0 saturated heterocycles. The van der Waals surface area contributed by atoms with Gasteiger partial charge in [-0.05, 0) is 50.7 Å². The van der Waals surface area contributed by atoms with Gasteiger partial charge in [-0.3, -0.25) is 4.90 Å². The van der Waals surface area contributed by atoms with Crippen LogP contribution in [0.4, 0.5) is 0 Å². The van der Waals surface area contributed by atoms with E-state index >= 15 is 0 Å². The van der Waals surface area contributed by atoms with E-state index in [9.17, 15) is 4.79 Å². The second-order valence-corrected chi connectivity index (χ2v) is 6.92. The zero-order valence-corrected chi connectivity index (χ0v) is 13.9. The number of hydrogen-bond donors (Lipinski definition) is 1. The van der Waals surface area contributed by atoms with Gasteiger partial charge < -0.3 is 9.15 Å². The highest BCUT2D eigenvalue weighted by Gasteiger charge is 2.32. The Morgan fingerprint density at radius 2 is 2.04 bits per heavy atom. The van der Waals surface area contributed by atoms with Crippen molar-refractivity contribution in [1.82, 2.24) is 0 Å². The van der Waals surface area contributed by atoms with Crippen molar-refractivity contribution in [3.8, 4) is 5.75 Å². The second kappa shape index (κ2) is 5.68. The monoisotopic (exact) mass is 314 g/mol. The summed E-state index contributed by atoms with van der Waals surface area (Å²) in [4.78, 5) is 13.3. The molecule has 0 radical (unpaired) electrons. The van der Waals surface area contributed by atoms with Gasteiger partial charge in [0.2, 0.25) is 6.73 Å². The smallest absolute Gasteiger partial charge is 0.336 e. The molecule has 1 aromatic heterocycles. The normalized spacial score (nSPS) is 21.4. The molecule has 1 aromatic carbocycles. The Kier molecular flexibility index (Phi) is 3.64. The lowest BCUT2D eigenvalue weighted by Crippen LogP contribution is -3.15. The highest BCUT2D eigenvalue weighted by Crippen LogP contribution is 2.33. The topological polar surface area (TPSA) is 43.9 Å². The van der Waals surface area contributed by atoms with Gasteiger partial charge in [0.25, 0.3) is 0 Å². The van der Waals surface area contributed by atoms with E-state index in [1.165, 1.54) is 31.2 Å². The van der Waals surface area contributed by atoms with Crippen LogP contribution in [0.5, 0.6) is 5.75 Å². The van der Waals surface area contributed by atoms with Gasteiger partial charge in [0.05, 0.1) is 6.04 Å². The van der Waals surface area contributed by atoms with Crippen LogP contribution in [-0.2, 0) is 13.0 Å². The van der Waals surface area contributed by atoms with E-state index in [-0.39, 0.29) is 5.63 Å². The lowest BCUT2D eigenvalue weighted by atomic mass is 9.99. The highest BCUT2D eigenvalue weighted by atomic mass is 16.5. The summed E-state index contributed by atoms with van der Waals surface area (Å²) in [7, 11) is 0. The quantitative estimate of drug-likeness (QED) is 0.865. The summed E-state index contributed by atoms with van der Waals surface area (Å²) in [6, 6.07) is 4.55. The number of rotatable bonds is 2. The van der Waals surface area contributed by atoms with Crippen LogP contribution in [0.15, 0.2) is 21.3 Å². The first-order valence-corrected chi connectivity index (χ1v) is 8.74. The fraction of sp³-hybridized carbons (Fsp3) is 0.526. The molecule has 1 N–H and O–H groups in total. The van der Waals surface area contributed by atoms with E-state index in [1.54, 1.807) is 11.0 Å². The Bertz CT molecular complexity index is 802. The minimum Gasteiger partial charge on any atom is -0.444 e. The van der Waals surface area contributed by atoms with Gasteiger partial charge >= 0.3 is 5.63 Å². The van der Waals surface area contributed by atoms with Crippen molar-refractivity contribution in [2.75, 3.05) is 6.73 Å². The number of quaternary nitrogens is 1. The maximum absolute atomic E-state index is 11.8. The van der Waals surface area contributed by atoms with Crippen molar-refractivity contribution in [2.45, 2.75) is 58.5 Å². The lowest BCUT2D eigenvalue weighted by molar-refractivity contribution is -0.955. The zero-order chi connectivity index (χ0) is 16.0. The number of benzene rings is 1. The van der Waals surface area contributed by atoms with Crippen LogP contribution in [0.3, 0.4) is 0 Å². The number of fused-ring (bicyclic) bond motifs is 2. The molecule has 0 bridgehead atoms. The zero-order valence-electron chi connectivity index (χ0n) is 13.9. The summed E-state index contributed by atoms with van der Waals surface area (Å²) in [6.45, 7) is 5.82. The molecule has 0 spiro atoms. The minimum absolute atomic E-state index is 0.272. The van der Waals surface area contributed by atoms with E-state index in [1.807, 2.05) is 6.92 Å². The third-order valence-corrected chi connectivity index (χ3v) is 5.51. The third-order valence-electron chi connectivity index (χ3n) is 5.51. The van der Waals surface area contributed by atoms with Gasteiger partial charge in [0.15, 0.2) is 0 Å². The number of hydrogen-bond acceptors (Lipinski definition) is 3. The number of aryl methyl sites for hydroxylation is 2. The molecule has 4 nitrogen and oxygen atoms in total. The standard InChI is InChI=1S/C19H23NO3/c1-3-13-9-17(21)23-19-12(2)18-14(8-16(13)19)10-20(11-22-18)15-6-4-5-7-15/h8-9,15H,3-7,10-11H2,1-2H3/p+1. The molecule has 1 atom stereocenters. The SMILES string of the molecule is CCc1cc(=O)oc2c(C)c3c(cc12)C[NH+](C1CCCC1)CO3. The molecule has 1 aliphatic heterocycles. The van der Waals surface area contributed by atoms with Gasteiger partial charge in [0, 0.05) is 22.6 Å². The van der Waals surface area contributed by atoms with Crippen molar-refractivity contribution in [3.05, 3.63) is 39.2 Å². The Morgan fingerprint density at radius 3 is 2.78 bits per heavy atom. The van der Waals surface area contributed by atoms with Gasteiger partial charge in [-0.1, -0.05) is 6.92 Å². The second-order valence-electron chi connectivity index (χ2n) is 6.92. The van der Waals surface area contributed by atoms with Gasteiger partial charge in [0.1, 0.15) is 17.9 Å². The van der Waals surface area contributed by atoms with Gasteiger partial charge in [-0.2, -0.15) is 0 Å². The van der Waals surface area contributed by atoms with Crippen molar-refractivity contribution >= 4 is 11.0 Å². The summed E-state index contributed by atoms with van der Waals surface area (Å²) in [5, 5.41) is 1.07. The molecule has 1 unspecified atom stereocenters.